The van der Waals surface area contributed by atoms with Crippen LogP contribution in [0.1, 0.15) is 40.1 Å². The molecule has 0 saturated carbocycles. The number of benzene rings is 1. The lowest BCUT2D eigenvalue weighted by molar-refractivity contribution is -0.688. The molecule has 2 rings (SSSR count). The summed E-state index contributed by atoms with van der Waals surface area (Å²) in [5.74, 6) is 0.760. The molecule has 0 aliphatic heterocycles. The highest BCUT2D eigenvalue weighted by molar-refractivity contribution is 5.94. The minimum absolute atomic E-state index is 0.0152. The Morgan fingerprint density at radius 3 is 2.43 bits per heavy atom. The van der Waals surface area contributed by atoms with E-state index in [4.69, 9.17) is 4.74 Å². The molecule has 1 aromatic heterocycles. The molecule has 108 valence electrons. The van der Waals surface area contributed by atoms with Gasteiger partial charge in [-0.3, -0.25) is 9.59 Å². The van der Waals surface area contributed by atoms with Crippen molar-refractivity contribution in [3.8, 4) is 5.75 Å². The van der Waals surface area contributed by atoms with Gasteiger partial charge in [0.2, 0.25) is 0 Å². The van der Waals surface area contributed by atoms with Crippen LogP contribution in [0, 0.1) is 0 Å². The molecule has 0 N–H and O–H groups in total. The number of ketones is 2. The normalized spacial score (nSPS) is 10.2. The van der Waals surface area contributed by atoms with Gasteiger partial charge in [0.25, 0.3) is 0 Å². The highest BCUT2D eigenvalue weighted by Gasteiger charge is 2.13. The molecule has 0 aliphatic rings. The number of nitrogens with zero attached hydrogens (tertiary/aromatic N) is 1. The van der Waals surface area contributed by atoms with Crippen molar-refractivity contribution in [3.05, 3.63) is 59.4 Å². The van der Waals surface area contributed by atoms with E-state index in [0.29, 0.717) is 17.7 Å². The molecule has 21 heavy (non-hydrogen) atoms. The lowest BCUT2D eigenvalue weighted by Gasteiger charge is -2.08. The van der Waals surface area contributed by atoms with E-state index in [-0.39, 0.29) is 11.6 Å². The van der Waals surface area contributed by atoms with Crippen LogP contribution < -0.4 is 9.30 Å². The molecule has 0 aliphatic carbocycles. The molecule has 0 spiro atoms. The molecule has 2 aromatic rings. The Morgan fingerprint density at radius 2 is 1.81 bits per heavy atom. The minimum Gasteiger partial charge on any atom is -0.496 e. The molecule has 1 aromatic carbocycles. The van der Waals surface area contributed by atoms with Gasteiger partial charge in [-0.2, -0.15) is 4.57 Å². The smallest absolute Gasteiger partial charge is 0.179 e. The highest BCUT2D eigenvalue weighted by atomic mass is 16.5. The van der Waals surface area contributed by atoms with Crippen LogP contribution in [-0.4, -0.2) is 18.7 Å². The SMILES string of the molecule is COc1ccc(C(C)=O)cc1C[n+]1cccc(C(C)=O)c1. The van der Waals surface area contributed by atoms with Gasteiger partial charge in [0, 0.05) is 11.6 Å². The summed E-state index contributed by atoms with van der Waals surface area (Å²) in [5, 5.41) is 0. The third kappa shape index (κ3) is 3.54. The van der Waals surface area contributed by atoms with Crippen molar-refractivity contribution in [2.45, 2.75) is 20.4 Å². The van der Waals surface area contributed by atoms with Crippen LogP contribution in [0.4, 0.5) is 0 Å². The summed E-state index contributed by atoms with van der Waals surface area (Å²) in [7, 11) is 1.60. The molecule has 0 atom stereocenters. The minimum atomic E-state index is 0.0152. The molecule has 1 heterocycles. The summed E-state index contributed by atoms with van der Waals surface area (Å²) in [6.45, 7) is 3.61. The third-order valence-corrected chi connectivity index (χ3v) is 3.30. The van der Waals surface area contributed by atoms with Crippen molar-refractivity contribution in [1.29, 1.82) is 0 Å². The van der Waals surface area contributed by atoms with E-state index in [2.05, 4.69) is 0 Å². The zero-order chi connectivity index (χ0) is 15.4. The number of Topliss-reactive ketones (excluding diaryl/α,β-unsaturated/α-hetero) is 2. The number of aromatic nitrogens is 1. The van der Waals surface area contributed by atoms with Gasteiger partial charge in [-0.25, -0.2) is 0 Å². The van der Waals surface area contributed by atoms with Crippen LogP contribution in [0.5, 0.6) is 5.75 Å². The number of hydrogen-bond donors (Lipinski definition) is 0. The predicted octanol–water partition coefficient (Wildman–Crippen LogP) is 2.44. The average Bonchev–Trinajstić information content (AvgIpc) is 2.47. The van der Waals surface area contributed by atoms with E-state index in [1.165, 1.54) is 13.8 Å². The Kier molecular flexibility index (Phi) is 4.48. The summed E-state index contributed by atoms with van der Waals surface area (Å²) in [5.41, 5.74) is 2.20. The topological polar surface area (TPSA) is 47.2 Å². The molecular formula is C17H18NO3+. The van der Waals surface area contributed by atoms with Crippen molar-refractivity contribution >= 4 is 11.6 Å². The van der Waals surface area contributed by atoms with Crippen LogP contribution in [0.15, 0.2) is 42.7 Å². The van der Waals surface area contributed by atoms with E-state index in [0.717, 1.165) is 11.3 Å². The first kappa shape index (κ1) is 14.9. The second-order valence-electron chi connectivity index (χ2n) is 4.90. The Balaban J connectivity index is 2.37. The third-order valence-electron chi connectivity index (χ3n) is 3.30. The Labute approximate surface area is 124 Å². The van der Waals surface area contributed by atoms with Gasteiger partial charge in [0.15, 0.2) is 30.5 Å². The second-order valence-corrected chi connectivity index (χ2v) is 4.90. The summed E-state index contributed by atoms with van der Waals surface area (Å²) in [4.78, 5) is 22.9. The fraction of sp³-hybridized carbons (Fsp3) is 0.235. The molecule has 0 unspecified atom stereocenters. The van der Waals surface area contributed by atoms with Gasteiger partial charge in [-0.1, -0.05) is 0 Å². The quantitative estimate of drug-likeness (QED) is 0.626. The molecule has 4 nitrogen and oxygen atoms in total. The maximum atomic E-state index is 11.5. The van der Waals surface area contributed by atoms with Crippen molar-refractivity contribution in [2.24, 2.45) is 0 Å². The van der Waals surface area contributed by atoms with Gasteiger partial charge in [0.05, 0.1) is 18.2 Å². The number of ether oxygens (including phenoxy) is 1. The van der Waals surface area contributed by atoms with E-state index in [9.17, 15) is 9.59 Å². The van der Waals surface area contributed by atoms with Crippen molar-refractivity contribution < 1.29 is 18.9 Å². The van der Waals surface area contributed by atoms with Crippen LogP contribution in [0.25, 0.3) is 0 Å². The lowest BCUT2D eigenvalue weighted by Crippen LogP contribution is -2.34. The van der Waals surface area contributed by atoms with E-state index >= 15 is 0 Å². The molecular weight excluding hydrogens is 266 g/mol. The van der Waals surface area contributed by atoms with Gasteiger partial charge >= 0.3 is 0 Å². The van der Waals surface area contributed by atoms with E-state index < -0.39 is 0 Å². The maximum absolute atomic E-state index is 11.5. The summed E-state index contributed by atoms with van der Waals surface area (Å²) in [6, 6.07) is 8.98. The van der Waals surface area contributed by atoms with Crippen molar-refractivity contribution in [1.82, 2.24) is 0 Å². The first-order chi connectivity index (χ1) is 10.0. The van der Waals surface area contributed by atoms with Crippen LogP contribution in [0.2, 0.25) is 0 Å². The first-order valence-corrected chi connectivity index (χ1v) is 6.69. The van der Waals surface area contributed by atoms with Crippen molar-refractivity contribution in [3.63, 3.8) is 0 Å². The zero-order valence-corrected chi connectivity index (χ0v) is 12.4. The zero-order valence-electron chi connectivity index (χ0n) is 12.4. The lowest BCUT2D eigenvalue weighted by atomic mass is 10.1. The van der Waals surface area contributed by atoms with Crippen LogP contribution in [-0.2, 0) is 6.54 Å². The second kappa shape index (κ2) is 6.31. The Bertz CT molecular complexity index is 692. The predicted molar refractivity (Wildman–Crippen MR) is 78.7 cm³/mol. The molecule has 0 fully saturated rings. The van der Waals surface area contributed by atoms with Gasteiger partial charge < -0.3 is 4.74 Å². The molecule has 0 radical (unpaired) electrons. The van der Waals surface area contributed by atoms with E-state index in [1.807, 2.05) is 22.9 Å². The standard InChI is InChI=1S/C17H18NO3/c1-12(19)14-6-7-17(21-3)16(9-14)11-18-8-4-5-15(10-18)13(2)20/h4-10H,11H2,1-3H3/q+1. The number of carbonyl (C=O) groups is 2. The van der Waals surface area contributed by atoms with Crippen LogP contribution >= 0.6 is 0 Å². The summed E-state index contributed by atoms with van der Waals surface area (Å²) in [6.07, 6.45) is 3.68. The number of pyridine rings is 1. The van der Waals surface area contributed by atoms with E-state index in [1.54, 1.807) is 31.5 Å². The number of methoxy groups -OCH3 is 1. The van der Waals surface area contributed by atoms with Crippen molar-refractivity contribution in [2.75, 3.05) is 7.11 Å². The Hall–Kier alpha value is -2.49. The fourth-order valence-corrected chi connectivity index (χ4v) is 2.15. The largest absolute Gasteiger partial charge is 0.496 e. The first-order valence-electron chi connectivity index (χ1n) is 6.69. The molecule has 0 bridgehead atoms. The van der Waals surface area contributed by atoms with Gasteiger partial charge in [0.1, 0.15) is 5.75 Å². The van der Waals surface area contributed by atoms with Gasteiger partial charge in [-0.15, -0.1) is 0 Å². The number of hydrogen-bond acceptors (Lipinski definition) is 3. The average molecular weight is 284 g/mol. The molecule has 4 heteroatoms. The number of rotatable bonds is 5. The van der Waals surface area contributed by atoms with Gasteiger partial charge in [-0.05, 0) is 38.1 Å². The molecule has 0 saturated heterocycles. The number of carbonyl (C=O) groups excluding carboxylic acids is 2. The fourth-order valence-electron chi connectivity index (χ4n) is 2.15. The Morgan fingerprint density at radius 1 is 1.10 bits per heavy atom. The van der Waals surface area contributed by atoms with Crippen LogP contribution in [0.3, 0.4) is 0 Å². The molecule has 0 amide bonds. The highest BCUT2D eigenvalue weighted by Crippen LogP contribution is 2.20. The summed E-state index contributed by atoms with van der Waals surface area (Å²) >= 11 is 0. The summed E-state index contributed by atoms with van der Waals surface area (Å²) < 4.78 is 7.24. The monoisotopic (exact) mass is 284 g/mol. The maximum Gasteiger partial charge on any atom is 0.179 e.